The van der Waals surface area contributed by atoms with Gasteiger partial charge in [0.1, 0.15) is 5.75 Å². The number of carbonyl (C=O) groups is 2. The van der Waals surface area contributed by atoms with Crippen LogP contribution in [-0.2, 0) is 9.63 Å². The van der Waals surface area contributed by atoms with Crippen molar-refractivity contribution in [2.75, 3.05) is 0 Å². The zero-order valence-electron chi connectivity index (χ0n) is 17.4. The Morgan fingerprint density at radius 2 is 1.77 bits per heavy atom. The molecule has 1 unspecified atom stereocenters. The lowest BCUT2D eigenvalue weighted by Crippen LogP contribution is -2.43. The van der Waals surface area contributed by atoms with Crippen LogP contribution in [0.25, 0.3) is 10.8 Å². The third kappa shape index (κ3) is 5.13. The number of para-hydroxylation sites is 1. The van der Waals surface area contributed by atoms with Gasteiger partial charge in [0.25, 0.3) is 5.91 Å². The van der Waals surface area contributed by atoms with Crippen molar-refractivity contribution in [1.29, 1.82) is 0 Å². The largest absolute Gasteiger partial charge is 0.478 e. The van der Waals surface area contributed by atoms with E-state index in [9.17, 15) is 9.59 Å². The second-order valence-electron chi connectivity index (χ2n) is 7.90. The summed E-state index contributed by atoms with van der Waals surface area (Å²) in [5.41, 5.74) is 12.8. The summed E-state index contributed by atoms with van der Waals surface area (Å²) in [7, 11) is 0. The van der Waals surface area contributed by atoms with Gasteiger partial charge in [-0.2, -0.15) is 5.48 Å². The van der Waals surface area contributed by atoms with Crippen LogP contribution < -0.4 is 21.7 Å². The molecule has 1 heterocycles. The lowest BCUT2D eigenvalue weighted by atomic mass is 9.89. The molecule has 5 N–H and O–H groups in total. The molecule has 0 bridgehead atoms. The highest BCUT2D eigenvalue weighted by Crippen LogP contribution is 2.30. The lowest BCUT2D eigenvalue weighted by Gasteiger charge is -2.28. The van der Waals surface area contributed by atoms with Crippen molar-refractivity contribution in [2.45, 2.75) is 26.9 Å². The molecular formula is C22H24N4O5. The van der Waals surface area contributed by atoms with Crippen LogP contribution in [0.1, 0.15) is 31.1 Å². The van der Waals surface area contributed by atoms with Gasteiger partial charge < -0.3 is 25.5 Å². The highest BCUT2D eigenvalue weighted by atomic mass is 16.7. The number of hydrogen-bond donors (Lipinski definition) is 3. The van der Waals surface area contributed by atoms with Crippen molar-refractivity contribution < 1.29 is 23.6 Å². The SMILES string of the molecule is CC(C)(C)C(Oc1ccccc1)C(=O)ONC(=O)c1c(N=C(N)N)ccc2cocc12. The van der Waals surface area contributed by atoms with Crippen LogP contribution in [-0.4, -0.2) is 23.9 Å². The summed E-state index contributed by atoms with van der Waals surface area (Å²) < 4.78 is 11.0. The molecule has 0 fully saturated rings. The van der Waals surface area contributed by atoms with Gasteiger partial charge in [-0.3, -0.25) is 4.79 Å². The standard InChI is InChI=1S/C22H24N4O5/c1-22(2,3)18(30-14-7-5-4-6-8-14)20(28)31-26-19(27)17-15-12-29-11-13(15)9-10-16(17)25-21(23)24/h4-12,18H,1-3H3,(H,26,27)(H4,23,24,25). The third-order valence-corrected chi connectivity index (χ3v) is 4.36. The van der Waals surface area contributed by atoms with Gasteiger partial charge in [-0.15, -0.1) is 0 Å². The molecule has 0 aliphatic carbocycles. The van der Waals surface area contributed by atoms with E-state index in [0.29, 0.717) is 16.5 Å². The predicted octanol–water partition coefficient (Wildman–Crippen LogP) is 3.02. The number of ether oxygens (including phenoxy) is 1. The fourth-order valence-electron chi connectivity index (χ4n) is 2.91. The van der Waals surface area contributed by atoms with Gasteiger partial charge in [0.15, 0.2) is 5.96 Å². The van der Waals surface area contributed by atoms with Gasteiger partial charge in [0, 0.05) is 16.2 Å². The average Bonchev–Trinajstić information content (AvgIpc) is 3.18. The number of fused-ring (bicyclic) bond motifs is 1. The summed E-state index contributed by atoms with van der Waals surface area (Å²) in [6.07, 6.45) is 1.88. The van der Waals surface area contributed by atoms with Crippen molar-refractivity contribution in [3.8, 4) is 5.75 Å². The van der Waals surface area contributed by atoms with Crippen LogP contribution in [0.4, 0.5) is 5.69 Å². The molecule has 2 aromatic carbocycles. The Hall–Kier alpha value is -4.01. The van der Waals surface area contributed by atoms with Crippen LogP contribution >= 0.6 is 0 Å². The maximum atomic E-state index is 12.9. The predicted molar refractivity (Wildman–Crippen MR) is 116 cm³/mol. The van der Waals surface area contributed by atoms with Gasteiger partial charge >= 0.3 is 5.97 Å². The lowest BCUT2D eigenvalue weighted by molar-refractivity contribution is -0.162. The number of furan rings is 1. The van der Waals surface area contributed by atoms with E-state index < -0.39 is 23.4 Å². The van der Waals surface area contributed by atoms with E-state index in [4.69, 9.17) is 25.5 Å². The van der Waals surface area contributed by atoms with E-state index in [-0.39, 0.29) is 17.2 Å². The second-order valence-corrected chi connectivity index (χ2v) is 7.90. The molecular weight excluding hydrogens is 400 g/mol. The summed E-state index contributed by atoms with van der Waals surface area (Å²) in [6.45, 7) is 5.48. The monoisotopic (exact) mass is 424 g/mol. The molecule has 3 rings (SSSR count). The first-order valence-electron chi connectivity index (χ1n) is 9.48. The average molecular weight is 424 g/mol. The Balaban J connectivity index is 1.81. The summed E-state index contributed by atoms with van der Waals surface area (Å²) in [6, 6.07) is 12.1. The van der Waals surface area contributed by atoms with Crippen molar-refractivity contribution in [2.24, 2.45) is 21.9 Å². The zero-order valence-corrected chi connectivity index (χ0v) is 17.4. The van der Waals surface area contributed by atoms with Crippen molar-refractivity contribution >= 4 is 34.3 Å². The van der Waals surface area contributed by atoms with Crippen LogP contribution in [0.15, 0.2) is 64.4 Å². The summed E-state index contributed by atoms with van der Waals surface area (Å²) in [5.74, 6) is -1.19. The molecule has 0 aliphatic heterocycles. The number of carbonyl (C=O) groups excluding carboxylic acids is 2. The van der Waals surface area contributed by atoms with E-state index in [1.54, 1.807) is 36.4 Å². The third-order valence-electron chi connectivity index (χ3n) is 4.36. The molecule has 3 aromatic rings. The van der Waals surface area contributed by atoms with E-state index in [0.717, 1.165) is 0 Å². The number of guanidine groups is 1. The minimum Gasteiger partial charge on any atom is -0.478 e. The Bertz CT molecular complexity index is 1110. The molecule has 0 aliphatic rings. The van der Waals surface area contributed by atoms with Crippen molar-refractivity contribution in [1.82, 2.24) is 5.48 Å². The molecule has 162 valence electrons. The Morgan fingerprint density at radius 1 is 1.06 bits per heavy atom. The second kappa shape index (κ2) is 8.78. The van der Waals surface area contributed by atoms with Gasteiger partial charge in [0.05, 0.1) is 23.8 Å². The van der Waals surface area contributed by atoms with Gasteiger partial charge in [-0.1, -0.05) is 39.0 Å². The molecule has 0 saturated heterocycles. The molecule has 1 atom stereocenters. The minimum atomic E-state index is -0.975. The Labute approximate surface area is 179 Å². The summed E-state index contributed by atoms with van der Waals surface area (Å²) in [4.78, 5) is 34.7. The van der Waals surface area contributed by atoms with E-state index in [2.05, 4.69) is 10.5 Å². The highest BCUT2D eigenvalue weighted by molar-refractivity contribution is 6.11. The number of hydrogen-bond acceptors (Lipinski definition) is 6. The van der Waals surface area contributed by atoms with Crippen LogP contribution in [0.3, 0.4) is 0 Å². The molecule has 1 amide bonds. The van der Waals surface area contributed by atoms with E-state index in [1.165, 1.54) is 12.5 Å². The Kier molecular flexibility index (Phi) is 6.15. The molecule has 0 radical (unpaired) electrons. The number of rotatable bonds is 5. The number of aliphatic imine (C=N–C) groups is 1. The fourth-order valence-corrected chi connectivity index (χ4v) is 2.91. The van der Waals surface area contributed by atoms with Gasteiger partial charge in [-0.25, -0.2) is 9.79 Å². The topological polar surface area (TPSA) is 142 Å². The first-order chi connectivity index (χ1) is 14.7. The first-order valence-corrected chi connectivity index (χ1v) is 9.48. The van der Waals surface area contributed by atoms with Crippen LogP contribution in [0, 0.1) is 5.41 Å². The quantitative estimate of drug-likeness (QED) is 0.325. The van der Waals surface area contributed by atoms with Crippen molar-refractivity contribution in [3.05, 3.63) is 60.6 Å². The number of amides is 1. The summed E-state index contributed by atoms with van der Waals surface area (Å²) >= 11 is 0. The maximum absolute atomic E-state index is 12.9. The number of nitrogens with zero attached hydrogens (tertiary/aromatic N) is 1. The van der Waals surface area contributed by atoms with Crippen LogP contribution in [0.2, 0.25) is 0 Å². The zero-order chi connectivity index (χ0) is 22.6. The Morgan fingerprint density at radius 3 is 2.42 bits per heavy atom. The molecule has 0 spiro atoms. The smallest absolute Gasteiger partial charge is 0.372 e. The van der Waals surface area contributed by atoms with Crippen LogP contribution in [0.5, 0.6) is 5.75 Å². The number of nitrogens with one attached hydrogen (secondary N) is 1. The minimum absolute atomic E-state index is 0.101. The summed E-state index contributed by atoms with van der Waals surface area (Å²) in [5, 5.41) is 1.12. The molecule has 9 nitrogen and oxygen atoms in total. The van der Waals surface area contributed by atoms with E-state index >= 15 is 0 Å². The maximum Gasteiger partial charge on any atom is 0.372 e. The first kappa shape index (κ1) is 21.7. The molecule has 1 aromatic heterocycles. The molecule has 31 heavy (non-hydrogen) atoms. The molecule has 9 heteroatoms. The normalized spacial score (nSPS) is 12.1. The number of benzene rings is 2. The number of hydroxylamine groups is 1. The van der Waals surface area contributed by atoms with E-state index in [1.807, 2.05) is 26.8 Å². The van der Waals surface area contributed by atoms with Gasteiger partial charge in [-0.05, 0) is 24.3 Å². The molecule has 0 saturated carbocycles. The van der Waals surface area contributed by atoms with Gasteiger partial charge in [0.2, 0.25) is 6.10 Å². The fraction of sp³-hybridized carbons (Fsp3) is 0.227. The number of nitrogens with two attached hydrogens (primary N) is 2. The van der Waals surface area contributed by atoms with Crippen molar-refractivity contribution in [3.63, 3.8) is 0 Å². The highest BCUT2D eigenvalue weighted by Gasteiger charge is 2.36.